The molecule has 8 heteroatoms. The van der Waals surface area contributed by atoms with Gasteiger partial charge in [-0.25, -0.2) is 4.79 Å². The lowest BCUT2D eigenvalue weighted by Gasteiger charge is -2.42. The van der Waals surface area contributed by atoms with Crippen LogP contribution in [0.3, 0.4) is 0 Å². The minimum Gasteiger partial charge on any atom is -0.480 e. The maximum atomic E-state index is 12.1. The molecule has 8 nitrogen and oxygen atoms in total. The number of aromatic nitrogens is 2. The van der Waals surface area contributed by atoms with Gasteiger partial charge in [-0.05, 0) is 37.5 Å². The van der Waals surface area contributed by atoms with Gasteiger partial charge in [0.1, 0.15) is 0 Å². The van der Waals surface area contributed by atoms with Gasteiger partial charge < -0.3 is 15.7 Å². The Balaban J connectivity index is 1.40. The van der Waals surface area contributed by atoms with E-state index in [1.807, 2.05) is 10.9 Å². The van der Waals surface area contributed by atoms with E-state index in [2.05, 4.69) is 34.5 Å². The van der Waals surface area contributed by atoms with Crippen molar-refractivity contribution < 1.29 is 14.7 Å². The first-order chi connectivity index (χ1) is 12.4. The van der Waals surface area contributed by atoms with Crippen LogP contribution in [-0.2, 0) is 11.3 Å². The molecule has 1 aromatic rings. The van der Waals surface area contributed by atoms with Gasteiger partial charge in [0.15, 0.2) is 0 Å². The summed E-state index contributed by atoms with van der Waals surface area (Å²) in [5.74, 6) is 0.373. The Morgan fingerprint density at radius 3 is 2.73 bits per heavy atom. The molecule has 2 aliphatic rings. The van der Waals surface area contributed by atoms with Crippen LogP contribution < -0.4 is 10.6 Å². The highest BCUT2D eigenvalue weighted by Crippen LogP contribution is 2.33. The lowest BCUT2D eigenvalue weighted by molar-refractivity contribution is -0.139. The lowest BCUT2D eigenvalue weighted by Crippen LogP contribution is -2.55. The summed E-state index contributed by atoms with van der Waals surface area (Å²) in [6.07, 6.45) is 7.50. The minimum atomic E-state index is -0.779. The van der Waals surface area contributed by atoms with Crippen LogP contribution in [0, 0.1) is 11.8 Å². The van der Waals surface area contributed by atoms with Crippen molar-refractivity contribution in [1.82, 2.24) is 20.0 Å². The fraction of sp³-hybridized carbons (Fsp3) is 0.722. The largest absolute Gasteiger partial charge is 0.480 e. The Kier molecular flexibility index (Phi) is 5.80. The van der Waals surface area contributed by atoms with Crippen LogP contribution in [0.4, 0.5) is 10.5 Å². The van der Waals surface area contributed by atoms with E-state index >= 15 is 0 Å². The summed E-state index contributed by atoms with van der Waals surface area (Å²) >= 11 is 0. The average molecular weight is 363 g/mol. The van der Waals surface area contributed by atoms with Gasteiger partial charge in [-0.2, -0.15) is 5.10 Å². The van der Waals surface area contributed by atoms with Gasteiger partial charge in [0, 0.05) is 31.4 Å². The third-order valence-electron chi connectivity index (χ3n) is 4.94. The first-order valence-electron chi connectivity index (χ1n) is 9.45. The molecule has 1 aromatic heterocycles. The summed E-state index contributed by atoms with van der Waals surface area (Å²) < 4.78 is 1.82. The number of carbonyl (C=O) groups is 2. The van der Waals surface area contributed by atoms with Crippen LogP contribution in [0.1, 0.15) is 39.5 Å². The predicted octanol–water partition coefficient (Wildman–Crippen LogP) is 1.99. The van der Waals surface area contributed by atoms with E-state index in [4.69, 9.17) is 5.11 Å². The Bertz CT molecular complexity index is 635. The third kappa shape index (κ3) is 5.45. The number of nitrogens with one attached hydrogen (secondary N) is 2. The second-order valence-corrected chi connectivity index (χ2v) is 8.03. The molecule has 0 aliphatic heterocycles. The summed E-state index contributed by atoms with van der Waals surface area (Å²) in [4.78, 5) is 25.2. The fourth-order valence-electron chi connectivity index (χ4n) is 3.41. The molecule has 3 rings (SSSR count). The topological polar surface area (TPSA) is 99.5 Å². The second kappa shape index (κ2) is 8.07. The van der Waals surface area contributed by atoms with Gasteiger partial charge in [0.2, 0.25) is 0 Å². The van der Waals surface area contributed by atoms with E-state index in [0.29, 0.717) is 17.5 Å². The Labute approximate surface area is 153 Å². The van der Waals surface area contributed by atoms with Crippen LogP contribution in [0.2, 0.25) is 0 Å². The normalized spacial score (nSPS) is 22.3. The molecule has 0 aromatic carbocycles. The quantitative estimate of drug-likeness (QED) is 0.623. The highest BCUT2D eigenvalue weighted by molar-refractivity contribution is 5.89. The molecule has 0 atom stereocenters. The van der Waals surface area contributed by atoms with E-state index < -0.39 is 5.97 Å². The molecule has 2 fully saturated rings. The lowest BCUT2D eigenvalue weighted by atomic mass is 9.85. The standard InChI is InChI=1S/C18H29N5O3/c1-12(2)8-23-10-15(7-19-23)21-18(26)20-14-5-16(6-14)22(11-17(24)25)9-13-3-4-13/h7,10,12-14,16H,3-6,8-9,11H2,1-2H3,(H,24,25)(H2,20,21,26). The number of hydrogen-bond donors (Lipinski definition) is 3. The van der Waals surface area contributed by atoms with E-state index in [9.17, 15) is 9.59 Å². The second-order valence-electron chi connectivity index (χ2n) is 8.03. The Morgan fingerprint density at radius 1 is 1.38 bits per heavy atom. The summed E-state index contributed by atoms with van der Waals surface area (Å²) in [6, 6.07) is 0.122. The van der Waals surface area contributed by atoms with Gasteiger partial charge in [-0.1, -0.05) is 13.8 Å². The number of rotatable bonds is 9. The first kappa shape index (κ1) is 18.7. The monoisotopic (exact) mass is 363 g/mol. The van der Waals surface area contributed by atoms with Gasteiger partial charge >= 0.3 is 12.0 Å². The number of aliphatic carboxylic acids is 1. The number of amides is 2. The number of nitrogens with zero attached hydrogens (tertiary/aromatic N) is 3. The molecular formula is C18H29N5O3. The van der Waals surface area contributed by atoms with Crippen molar-refractivity contribution in [3.05, 3.63) is 12.4 Å². The predicted molar refractivity (Wildman–Crippen MR) is 98.0 cm³/mol. The number of carboxylic acids is 1. The molecule has 2 aliphatic carbocycles. The van der Waals surface area contributed by atoms with Gasteiger partial charge in [-0.3, -0.25) is 14.4 Å². The zero-order valence-corrected chi connectivity index (χ0v) is 15.5. The molecule has 0 radical (unpaired) electrons. The van der Waals surface area contributed by atoms with E-state index in [-0.39, 0.29) is 24.7 Å². The van der Waals surface area contributed by atoms with E-state index in [1.54, 1.807) is 6.20 Å². The van der Waals surface area contributed by atoms with Crippen LogP contribution in [-0.4, -0.2) is 57.0 Å². The van der Waals surface area contributed by atoms with Crippen molar-refractivity contribution >= 4 is 17.7 Å². The number of urea groups is 1. The van der Waals surface area contributed by atoms with Crippen molar-refractivity contribution in [1.29, 1.82) is 0 Å². The summed E-state index contributed by atoms with van der Waals surface area (Å²) in [7, 11) is 0. The molecule has 3 N–H and O–H groups in total. The molecule has 0 bridgehead atoms. The van der Waals surface area contributed by atoms with Gasteiger partial charge in [0.25, 0.3) is 0 Å². The third-order valence-corrected chi connectivity index (χ3v) is 4.94. The number of hydrogen-bond acceptors (Lipinski definition) is 4. The summed E-state index contributed by atoms with van der Waals surface area (Å²) in [5.41, 5.74) is 0.681. The molecule has 26 heavy (non-hydrogen) atoms. The van der Waals surface area contributed by atoms with Crippen molar-refractivity contribution in [2.24, 2.45) is 11.8 Å². The number of carboxylic acid groups (broad SMARTS) is 1. The molecule has 2 amide bonds. The molecule has 0 unspecified atom stereocenters. The van der Waals surface area contributed by atoms with Gasteiger partial charge in [-0.15, -0.1) is 0 Å². The van der Waals surface area contributed by atoms with Crippen LogP contribution in [0.15, 0.2) is 12.4 Å². The molecule has 2 saturated carbocycles. The molecular weight excluding hydrogens is 334 g/mol. The zero-order chi connectivity index (χ0) is 18.7. The number of anilines is 1. The van der Waals surface area contributed by atoms with E-state index in [1.165, 1.54) is 12.8 Å². The number of carbonyl (C=O) groups excluding carboxylic acids is 1. The Hall–Kier alpha value is -2.09. The van der Waals surface area contributed by atoms with Crippen LogP contribution >= 0.6 is 0 Å². The molecule has 1 heterocycles. The highest BCUT2D eigenvalue weighted by atomic mass is 16.4. The van der Waals surface area contributed by atoms with E-state index in [0.717, 1.165) is 25.9 Å². The van der Waals surface area contributed by atoms with Crippen molar-refractivity contribution in [2.75, 3.05) is 18.4 Å². The maximum absolute atomic E-state index is 12.1. The Morgan fingerprint density at radius 2 is 2.12 bits per heavy atom. The van der Waals surface area contributed by atoms with Gasteiger partial charge in [0.05, 0.1) is 18.4 Å². The zero-order valence-electron chi connectivity index (χ0n) is 15.5. The molecule has 0 saturated heterocycles. The maximum Gasteiger partial charge on any atom is 0.319 e. The van der Waals surface area contributed by atoms with Crippen LogP contribution in [0.5, 0.6) is 0 Å². The van der Waals surface area contributed by atoms with Crippen molar-refractivity contribution in [2.45, 2.75) is 58.2 Å². The summed E-state index contributed by atoms with van der Waals surface area (Å²) in [5, 5.41) is 19.1. The SMILES string of the molecule is CC(C)Cn1cc(NC(=O)NC2CC(N(CC(=O)O)CC3CC3)C2)cn1. The van der Waals surface area contributed by atoms with Crippen molar-refractivity contribution in [3.63, 3.8) is 0 Å². The highest BCUT2D eigenvalue weighted by Gasteiger charge is 2.37. The molecule has 0 spiro atoms. The minimum absolute atomic E-state index is 0.0924. The first-order valence-corrected chi connectivity index (χ1v) is 9.45. The summed E-state index contributed by atoms with van der Waals surface area (Å²) in [6.45, 7) is 6.00. The van der Waals surface area contributed by atoms with Crippen LogP contribution in [0.25, 0.3) is 0 Å². The average Bonchev–Trinajstić information content (AvgIpc) is 3.20. The van der Waals surface area contributed by atoms with Crippen molar-refractivity contribution in [3.8, 4) is 0 Å². The fourth-order valence-corrected chi connectivity index (χ4v) is 3.41. The smallest absolute Gasteiger partial charge is 0.319 e. The molecule has 144 valence electrons.